The zero-order valence-electron chi connectivity index (χ0n) is 12.3. The molecule has 0 aliphatic rings. The molecule has 0 spiro atoms. The van der Waals surface area contributed by atoms with Gasteiger partial charge in [-0.25, -0.2) is 18.7 Å². The first-order chi connectivity index (χ1) is 11.6. The summed E-state index contributed by atoms with van der Waals surface area (Å²) in [6.07, 6.45) is 1.43. The van der Waals surface area contributed by atoms with Crippen molar-refractivity contribution in [3.05, 3.63) is 78.1 Å². The molecule has 0 aliphatic carbocycles. The molecule has 120 valence electrons. The molecule has 0 unspecified atom stereocenters. The van der Waals surface area contributed by atoms with Gasteiger partial charge in [0.15, 0.2) is 11.6 Å². The molecule has 7 heteroatoms. The smallest absolute Gasteiger partial charge is 0.274 e. The van der Waals surface area contributed by atoms with Gasteiger partial charge in [-0.3, -0.25) is 4.79 Å². The van der Waals surface area contributed by atoms with Crippen molar-refractivity contribution >= 4 is 23.2 Å². The molecule has 0 aliphatic heterocycles. The van der Waals surface area contributed by atoms with E-state index in [-0.39, 0.29) is 17.3 Å². The Labute approximate surface area is 136 Å². The van der Waals surface area contributed by atoms with Crippen molar-refractivity contribution in [2.45, 2.75) is 0 Å². The molecule has 24 heavy (non-hydrogen) atoms. The van der Waals surface area contributed by atoms with E-state index < -0.39 is 17.5 Å². The lowest BCUT2D eigenvalue weighted by atomic mass is 10.3. The topological polar surface area (TPSA) is 66.9 Å². The molecule has 0 bridgehead atoms. The van der Waals surface area contributed by atoms with E-state index in [0.29, 0.717) is 0 Å². The zero-order chi connectivity index (χ0) is 16.9. The third-order valence-electron chi connectivity index (χ3n) is 3.10. The highest BCUT2D eigenvalue weighted by Gasteiger charge is 2.11. The van der Waals surface area contributed by atoms with Crippen LogP contribution in [-0.2, 0) is 0 Å². The number of anilines is 3. The van der Waals surface area contributed by atoms with Crippen LogP contribution >= 0.6 is 0 Å². The van der Waals surface area contributed by atoms with Gasteiger partial charge >= 0.3 is 0 Å². The lowest BCUT2D eigenvalue weighted by Gasteiger charge is -2.07. The Kier molecular flexibility index (Phi) is 4.42. The average molecular weight is 326 g/mol. The number of halogens is 2. The molecular weight excluding hydrogens is 314 g/mol. The summed E-state index contributed by atoms with van der Waals surface area (Å²) in [5.41, 5.74) is 0.999. The minimum Gasteiger partial charge on any atom is -0.324 e. The Morgan fingerprint density at radius 3 is 2.46 bits per heavy atom. The number of nitrogens with one attached hydrogen (secondary N) is 2. The van der Waals surface area contributed by atoms with E-state index in [9.17, 15) is 13.6 Å². The quantitative estimate of drug-likeness (QED) is 0.766. The highest BCUT2D eigenvalue weighted by molar-refractivity contribution is 6.02. The molecule has 2 aromatic carbocycles. The third kappa shape index (κ3) is 3.70. The monoisotopic (exact) mass is 326 g/mol. The van der Waals surface area contributed by atoms with Crippen LogP contribution in [0, 0.1) is 11.6 Å². The Balaban J connectivity index is 1.75. The lowest BCUT2D eigenvalue weighted by molar-refractivity contribution is 0.102. The number of aromatic nitrogens is 2. The second kappa shape index (κ2) is 6.82. The summed E-state index contributed by atoms with van der Waals surface area (Å²) in [6, 6.07) is 13.8. The summed E-state index contributed by atoms with van der Waals surface area (Å²) >= 11 is 0. The van der Waals surface area contributed by atoms with Gasteiger partial charge in [0.2, 0.25) is 5.95 Å². The molecule has 2 N–H and O–H groups in total. The van der Waals surface area contributed by atoms with E-state index >= 15 is 0 Å². The van der Waals surface area contributed by atoms with Crippen LogP contribution in [0.4, 0.5) is 26.1 Å². The number of benzene rings is 2. The van der Waals surface area contributed by atoms with Crippen LogP contribution in [0.5, 0.6) is 0 Å². The first kappa shape index (κ1) is 15.5. The zero-order valence-corrected chi connectivity index (χ0v) is 12.3. The maximum Gasteiger partial charge on any atom is 0.274 e. The lowest BCUT2D eigenvalue weighted by Crippen LogP contribution is -2.15. The van der Waals surface area contributed by atoms with Gasteiger partial charge in [0.05, 0.1) is 0 Å². The number of rotatable bonds is 4. The first-order valence-corrected chi connectivity index (χ1v) is 7.03. The summed E-state index contributed by atoms with van der Waals surface area (Å²) in [4.78, 5) is 20.3. The van der Waals surface area contributed by atoms with Gasteiger partial charge in [-0.2, -0.15) is 0 Å². The van der Waals surface area contributed by atoms with Crippen molar-refractivity contribution in [3.8, 4) is 0 Å². The molecule has 0 radical (unpaired) electrons. The van der Waals surface area contributed by atoms with Gasteiger partial charge in [-0.05, 0) is 30.3 Å². The molecule has 1 aromatic heterocycles. The average Bonchev–Trinajstić information content (AvgIpc) is 2.59. The van der Waals surface area contributed by atoms with E-state index in [1.54, 1.807) is 0 Å². The second-order valence-corrected chi connectivity index (χ2v) is 4.84. The second-order valence-electron chi connectivity index (χ2n) is 4.84. The summed E-state index contributed by atoms with van der Waals surface area (Å²) < 4.78 is 26.1. The molecule has 3 rings (SSSR count). The van der Waals surface area contributed by atoms with E-state index in [4.69, 9.17) is 0 Å². The molecular formula is C17H12F2N4O. The molecule has 0 fully saturated rings. The van der Waals surface area contributed by atoms with Crippen LogP contribution in [0.1, 0.15) is 10.5 Å². The highest BCUT2D eigenvalue weighted by Crippen LogP contribution is 2.15. The number of carbonyl (C=O) groups excluding carboxylic acids is 1. The van der Waals surface area contributed by atoms with Crippen molar-refractivity contribution < 1.29 is 13.6 Å². The Morgan fingerprint density at radius 1 is 0.917 bits per heavy atom. The number of hydrogen-bond acceptors (Lipinski definition) is 4. The van der Waals surface area contributed by atoms with E-state index in [0.717, 1.165) is 17.8 Å². The Hall–Kier alpha value is -3.35. The minimum absolute atomic E-state index is 0.0909. The standard InChI is InChI=1S/C17H12F2N4O/c18-13-7-6-12(10-14(13)19)21-16(24)15-8-9-20-17(23-15)22-11-4-2-1-3-5-11/h1-10H,(H,21,24)(H,20,22,23). The number of nitrogens with zero attached hydrogens (tertiary/aromatic N) is 2. The summed E-state index contributed by atoms with van der Waals surface area (Å²) in [5, 5.41) is 5.42. The van der Waals surface area contributed by atoms with Crippen LogP contribution in [0.15, 0.2) is 60.8 Å². The van der Waals surface area contributed by atoms with Gasteiger partial charge in [0.1, 0.15) is 5.69 Å². The van der Waals surface area contributed by atoms with Crippen molar-refractivity contribution in [1.29, 1.82) is 0 Å². The van der Waals surface area contributed by atoms with E-state index in [2.05, 4.69) is 20.6 Å². The molecule has 1 amide bonds. The summed E-state index contributed by atoms with van der Waals surface area (Å²) in [7, 11) is 0. The number of hydrogen-bond donors (Lipinski definition) is 2. The molecule has 1 heterocycles. The first-order valence-electron chi connectivity index (χ1n) is 7.03. The van der Waals surface area contributed by atoms with Crippen LogP contribution < -0.4 is 10.6 Å². The maximum absolute atomic E-state index is 13.2. The molecule has 5 nitrogen and oxygen atoms in total. The number of carbonyl (C=O) groups is 1. The molecule has 0 saturated carbocycles. The molecule has 0 atom stereocenters. The molecule has 0 saturated heterocycles. The van der Waals surface area contributed by atoms with Crippen molar-refractivity contribution in [3.63, 3.8) is 0 Å². The van der Waals surface area contributed by atoms with Crippen LogP contribution in [0.25, 0.3) is 0 Å². The normalized spacial score (nSPS) is 10.2. The van der Waals surface area contributed by atoms with Gasteiger partial charge in [-0.1, -0.05) is 18.2 Å². The van der Waals surface area contributed by atoms with E-state index in [1.165, 1.54) is 18.3 Å². The van der Waals surface area contributed by atoms with E-state index in [1.807, 2.05) is 30.3 Å². The predicted octanol–water partition coefficient (Wildman–Crippen LogP) is 3.75. The minimum atomic E-state index is -1.04. The maximum atomic E-state index is 13.2. The fraction of sp³-hybridized carbons (Fsp3) is 0. The fourth-order valence-electron chi connectivity index (χ4n) is 1.96. The largest absolute Gasteiger partial charge is 0.324 e. The van der Waals surface area contributed by atoms with Gasteiger partial charge < -0.3 is 10.6 Å². The number of amides is 1. The third-order valence-corrected chi connectivity index (χ3v) is 3.10. The van der Waals surface area contributed by atoms with Crippen molar-refractivity contribution in [2.24, 2.45) is 0 Å². The summed E-state index contributed by atoms with van der Waals surface area (Å²) in [6.45, 7) is 0. The van der Waals surface area contributed by atoms with Gasteiger partial charge in [0.25, 0.3) is 5.91 Å². The Morgan fingerprint density at radius 2 is 1.71 bits per heavy atom. The predicted molar refractivity (Wildman–Crippen MR) is 86.1 cm³/mol. The number of para-hydroxylation sites is 1. The van der Waals surface area contributed by atoms with Gasteiger partial charge in [-0.15, -0.1) is 0 Å². The van der Waals surface area contributed by atoms with Crippen LogP contribution in [0.3, 0.4) is 0 Å². The van der Waals surface area contributed by atoms with Crippen LogP contribution in [0.2, 0.25) is 0 Å². The van der Waals surface area contributed by atoms with Gasteiger partial charge in [0, 0.05) is 23.6 Å². The Bertz CT molecular complexity index is 871. The summed E-state index contributed by atoms with van der Waals surface area (Å²) in [5.74, 6) is -2.33. The van der Waals surface area contributed by atoms with Crippen LogP contribution in [-0.4, -0.2) is 15.9 Å². The fourth-order valence-corrected chi connectivity index (χ4v) is 1.96. The highest BCUT2D eigenvalue weighted by atomic mass is 19.2. The molecule has 3 aromatic rings. The SMILES string of the molecule is O=C(Nc1ccc(F)c(F)c1)c1ccnc(Nc2ccccc2)n1. The van der Waals surface area contributed by atoms with Crippen molar-refractivity contribution in [2.75, 3.05) is 10.6 Å². The van der Waals surface area contributed by atoms with Crippen molar-refractivity contribution in [1.82, 2.24) is 9.97 Å².